The number of carbonyl (C=O) groups is 2. The first-order chi connectivity index (χ1) is 8.77. The summed E-state index contributed by atoms with van der Waals surface area (Å²) >= 11 is 0. The van der Waals surface area contributed by atoms with Gasteiger partial charge in [0, 0.05) is 12.5 Å². The molecule has 1 saturated heterocycles. The second-order valence-corrected chi connectivity index (χ2v) is 5.49. The smallest absolute Gasteiger partial charge is 0.240 e. The van der Waals surface area contributed by atoms with Crippen LogP contribution in [0.2, 0.25) is 0 Å². The molecule has 1 aromatic rings. The minimum absolute atomic E-state index is 0.00512. The number of hydrogen-bond acceptors (Lipinski definition) is 3. The minimum atomic E-state index is -0.727. The Kier molecular flexibility index (Phi) is 3.08. The number of halogens is 1. The summed E-state index contributed by atoms with van der Waals surface area (Å²) in [5, 5.41) is 0. The second kappa shape index (κ2) is 4.33. The Morgan fingerprint density at radius 2 is 2.00 bits per heavy atom. The van der Waals surface area contributed by atoms with Crippen molar-refractivity contribution in [2.75, 3.05) is 10.6 Å². The first kappa shape index (κ1) is 13.5. The Bertz CT molecular complexity index is 556. The van der Waals surface area contributed by atoms with E-state index in [0.29, 0.717) is 0 Å². The van der Waals surface area contributed by atoms with Gasteiger partial charge in [-0.2, -0.15) is 0 Å². The summed E-state index contributed by atoms with van der Waals surface area (Å²) < 4.78 is 13.5. The lowest BCUT2D eigenvalue weighted by Gasteiger charge is -2.26. The molecular formula is C14H17FN2O2. The van der Waals surface area contributed by atoms with E-state index in [2.05, 4.69) is 0 Å². The lowest BCUT2D eigenvalue weighted by Crippen LogP contribution is -2.36. The number of carbonyl (C=O) groups excluding carboxylic acids is 2. The third kappa shape index (κ3) is 1.99. The van der Waals surface area contributed by atoms with Crippen LogP contribution >= 0.6 is 0 Å². The first-order valence-corrected chi connectivity index (χ1v) is 6.20. The fourth-order valence-corrected chi connectivity index (χ4v) is 2.20. The van der Waals surface area contributed by atoms with Gasteiger partial charge in [-0.1, -0.05) is 13.8 Å². The van der Waals surface area contributed by atoms with E-state index in [1.54, 1.807) is 6.92 Å². The predicted molar refractivity (Wildman–Crippen MR) is 70.9 cm³/mol. The lowest BCUT2D eigenvalue weighted by molar-refractivity contribution is -0.126. The van der Waals surface area contributed by atoms with E-state index in [1.807, 2.05) is 13.8 Å². The SMILES string of the molecule is CC(C)C1(C)CC(=O)N(c2ccc(N)c(F)c2)C1=O. The molecule has 0 aliphatic carbocycles. The van der Waals surface area contributed by atoms with Gasteiger partial charge in [0.05, 0.1) is 16.8 Å². The predicted octanol–water partition coefficient (Wildman–Crippen LogP) is 2.33. The molecule has 1 fully saturated rings. The van der Waals surface area contributed by atoms with E-state index in [1.165, 1.54) is 12.1 Å². The van der Waals surface area contributed by atoms with Crippen LogP contribution in [0.4, 0.5) is 15.8 Å². The highest BCUT2D eigenvalue weighted by molar-refractivity contribution is 6.22. The highest BCUT2D eigenvalue weighted by Crippen LogP contribution is 2.41. The van der Waals surface area contributed by atoms with Gasteiger partial charge in [0.25, 0.3) is 0 Å². The monoisotopic (exact) mass is 264 g/mol. The summed E-state index contributed by atoms with van der Waals surface area (Å²) in [6.07, 6.45) is 0.148. The Morgan fingerprint density at radius 1 is 1.37 bits per heavy atom. The third-order valence-electron chi connectivity index (χ3n) is 3.98. The van der Waals surface area contributed by atoms with Gasteiger partial charge >= 0.3 is 0 Å². The maximum absolute atomic E-state index is 13.5. The van der Waals surface area contributed by atoms with Crippen molar-refractivity contribution in [1.82, 2.24) is 0 Å². The highest BCUT2D eigenvalue weighted by Gasteiger charge is 2.50. The van der Waals surface area contributed by atoms with Gasteiger partial charge in [-0.15, -0.1) is 0 Å². The Labute approximate surface area is 111 Å². The third-order valence-corrected chi connectivity index (χ3v) is 3.98. The molecule has 0 saturated carbocycles. The molecule has 2 rings (SSSR count). The largest absolute Gasteiger partial charge is 0.396 e. The molecule has 1 aromatic carbocycles. The van der Waals surface area contributed by atoms with E-state index in [4.69, 9.17) is 5.73 Å². The van der Waals surface area contributed by atoms with Gasteiger partial charge in [0.15, 0.2) is 0 Å². The zero-order valence-electron chi connectivity index (χ0n) is 11.2. The molecule has 0 bridgehead atoms. The first-order valence-electron chi connectivity index (χ1n) is 6.20. The molecule has 1 atom stereocenters. The van der Waals surface area contributed by atoms with Crippen molar-refractivity contribution in [2.45, 2.75) is 27.2 Å². The van der Waals surface area contributed by atoms with Crippen LogP contribution in [-0.4, -0.2) is 11.8 Å². The van der Waals surface area contributed by atoms with Crippen LogP contribution in [0.15, 0.2) is 18.2 Å². The van der Waals surface area contributed by atoms with Crippen molar-refractivity contribution in [1.29, 1.82) is 0 Å². The van der Waals surface area contributed by atoms with Crippen LogP contribution in [0.1, 0.15) is 27.2 Å². The summed E-state index contributed by atoms with van der Waals surface area (Å²) in [6.45, 7) is 5.57. The van der Waals surface area contributed by atoms with Gasteiger partial charge < -0.3 is 5.73 Å². The molecule has 1 unspecified atom stereocenters. The zero-order chi connectivity index (χ0) is 14.4. The van der Waals surface area contributed by atoms with Crippen LogP contribution in [0.3, 0.4) is 0 Å². The minimum Gasteiger partial charge on any atom is -0.396 e. The quantitative estimate of drug-likeness (QED) is 0.658. The Hall–Kier alpha value is -1.91. The van der Waals surface area contributed by atoms with Crippen molar-refractivity contribution in [3.8, 4) is 0 Å². The zero-order valence-corrected chi connectivity index (χ0v) is 11.2. The highest BCUT2D eigenvalue weighted by atomic mass is 19.1. The summed E-state index contributed by atoms with van der Waals surface area (Å²) in [5.74, 6) is -1.18. The molecule has 0 spiro atoms. The summed E-state index contributed by atoms with van der Waals surface area (Å²) in [6, 6.07) is 3.97. The number of nitrogens with zero attached hydrogens (tertiary/aromatic N) is 1. The molecule has 5 heteroatoms. The van der Waals surface area contributed by atoms with Crippen LogP contribution < -0.4 is 10.6 Å². The van der Waals surface area contributed by atoms with Crippen molar-refractivity contribution >= 4 is 23.2 Å². The van der Waals surface area contributed by atoms with Gasteiger partial charge in [0.2, 0.25) is 11.8 Å². The average molecular weight is 264 g/mol. The molecule has 0 aromatic heterocycles. The molecule has 1 aliphatic heterocycles. The van der Waals surface area contributed by atoms with Gasteiger partial charge in [-0.3, -0.25) is 9.59 Å². The summed E-state index contributed by atoms with van der Waals surface area (Å²) in [4.78, 5) is 25.5. The maximum atomic E-state index is 13.5. The molecule has 2 amide bonds. The number of benzene rings is 1. The van der Waals surface area contributed by atoms with Crippen molar-refractivity contribution in [3.63, 3.8) is 0 Å². The van der Waals surface area contributed by atoms with Crippen LogP contribution in [0.25, 0.3) is 0 Å². The number of rotatable bonds is 2. The number of amides is 2. The van der Waals surface area contributed by atoms with Crippen molar-refractivity contribution in [3.05, 3.63) is 24.0 Å². The van der Waals surface area contributed by atoms with Crippen LogP contribution in [0.5, 0.6) is 0 Å². The van der Waals surface area contributed by atoms with E-state index < -0.39 is 11.2 Å². The normalized spacial score (nSPS) is 23.5. The average Bonchev–Trinajstić information content (AvgIpc) is 2.55. The summed E-state index contributed by atoms with van der Waals surface area (Å²) in [7, 11) is 0. The number of nitrogen functional groups attached to an aromatic ring is 1. The molecule has 1 heterocycles. The molecule has 102 valence electrons. The van der Waals surface area contributed by atoms with Gasteiger partial charge in [-0.25, -0.2) is 9.29 Å². The number of anilines is 2. The number of nitrogens with two attached hydrogens (primary N) is 1. The maximum Gasteiger partial charge on any atom is 0.240 e. The number of hydrogen-bond donors (Lipinski definition) is 1. The van der Waals surface area contributed by atoms with Gasteiger partial charge in [0.1, 0.15) is 5.82 Å². The molecule has 0 radical (unpaired) electrons. The molecule has 4 nitrogen and oxygen atoms in total. The standard InChI is InChI=1S/C14H17FN2O2/c1-8(2)14(3)7-12(18)17(13(14)19)9-4-5-11(16)10(15)6-9/h4-6,8H,7,16H2,1-3H3. The van der Waals surface area contributed by atoms with Gasteiger partial charge in [-0.05, 0) is 25.0 Å². The van der Waals surface area contributed by atoms with Crippen molar-refractivity contribution < 1.29 is 14.0 Å². The fraction of sp³-hybridized carbons (Fsp3) is 0.429. The molecule has 2 N–H and O–H groups in total. The number of imide groups is 1. The molecule has 1 aliphatic rings. The van der Waals surface area contributed by atoms with E-state index >= 15 is 0 Å². The van der Waals surface area contributed by atoms with Crippen molar-refractivity contribution in [2.24, 2.45) is 11.3 Å². The molecular weight excluding hydrogens is 247 g/mol. The van der Waals surface area contributed by atoms with E-state index in [9.17, 15) is 14.0 Å². The van der Waals surface area contributed by atoms with Crippen LogP contribution in [0, 0.1) is 17.2 Å². The summed E-state index contributed by atoms with van der Waals surface area (Å²) in [5.41, 5.74) is 4.90. The van der Waals surface area contributed by atoms with Crippen LogP contribution in [-0.2, 0) is 9.59 Å². The van der Waals surface area contributed by atoms with E-state index in [0.717, 1.165) is 11.0 Å². The second-order valence-electron chi connectivity index (χ2n) is 5.49. The lowest BCUT2D eigenvalue weighted by atomic mass is 9.78. The molecule has 19 heavy (non-hydrogen) atoms. The Balaban J connectivity index is 2.43. The fourth-order valence-electron chi connectivity index (χ4n) is 2.20. The Morgan fingerprint density at radius 3 is 2.47 bits per heavy atom. The topological polar surface area (TPSA) is 63.4 Å². The van der Waals surface area contributed by atoms with E-state index in [-0.39, 0.29) is 35.5 Å².